The second-order valence-corrected chi connectivity index (χ2v) is 2.82. The van der Waals surface area contributed by atoms with Gasteiger partial charge in [-0.25, -0.2) is 0 Å². The molecule has 1 atom stereocenters. The maximum atomic E-state index is 11.7. The molecule has 0 saturated heterocycles. The Bertz CT molecular complexity index is 131. The minimum Gasteiger partial charge on any atom is -0.365 e. The molecule has 1 N–H and O–H groups in total. The van der Waals surface area contributed by atoms with Gasteiger partial charge >= 0.3 is 6.18 Å². The summed E-state index contributed by atoms with van der Waals surface area (Å²) >= 11 is 0. The van der Waals surface area contributed by atoms with E-state index in [0.717, 1.165) is 6.92 Å². The van der Waals surface area contributed by atoms with Gasteiger partial charge in [-0.1, -0.05) is 6.92 Å². The second-order valence-electron chi connectivity index (χ2n) is 2.82. The Morgan fingerprint density at radius 2 is 1.83 bits per heavy atom. The van der Waals surface area contributed by atoms with Crippen LogP contribution in [0, 0.1) is 0 Å². The summed E-state index contributed by atoms with van der Waals surface area (Å²) in [5.41, 5.74) is 0. The van der Waals surface area contributed by atoms with Gasteiger partial charge in [-0.05, 0) is 13.3 Å². The largest absolute Gasteiger partial charge is 0.394 e. The summed E-state index contributed by atoms with van der Waals surface area (Å²) < 4.78 is 39.8. The number of halogens is 3. The summed E-state index contributed by atoms with van der Waals surface area (Å²) in [5, 5.41) is 9.04. The minimum absolute atomic E-state index is 0.128. The minimum atomic E-state index is -4.39. The maximum absolute atomic E-state index is 11.7. The molecule has 0 aliphatic rings. The van der Waals surface area contributed by atoms with Crippen molar-refractivity contribution in [3.05, 3.63) is 0 Å². The Labute approximate surface area is 69.3 Å². The Hall–Kier alpha value is -0.290. The molecular weight excluding hydrogens is 173 g/mol. The zero-order valence-corrected chi connectivity index (χ0v) is 7.11. The molecule has 0 aromatic heterocycles. The highest BCUT2D eigenvalue weighted by Crippen LogP contribution is 2.27. The van der Waals surface area contributed by atoms with Gasteiger partial charge in [0.15, 0.2) is 5.79 Å². The normalized spacial score (nSPS) is 17.5. The van der Waals surface area contributed by atoms with Gasteiger partial charge in [0.1, 0.15) is 0 Å². The third-order valence-corrected chi connectivity index (χ3v) is 1.15. The van der Waals surface area contributed by atoms with Crippen LogP contribution in [0.3, 0.4) is 0 Å². The standard InChI is InChI=1S/C7H13F3O2/c1-3-4-12-6(2,11)5-7(8,9)10/h11H,3-5H2,1-2H3. The molecule has 0 rings (SSSR count). The zero-order chi connectivity index (χ0) is 9.83. The average molecular weight is 186 g/mol. The third kappa shape index (κ3) is 6.42. The molecule has 0 aliphatic heterocycles. The lowest BCUT2D eigenvalue weighted by Crippen LogP contribution is -2.34. The molecule has 74 valence electrons. The average Bonchev–Trinajstić information content (AvgIpc) is 1.78. The fraction of sp³-hybridized carbons (Fsp3) is 1.00. The monoisotopic (exact) mass is 186 g/mol. The number of hydrogen-bond donors (Lipinski definition) is 1. The predicted molar refractivity (Wildman–Crippen MR) is 37.5 cm³/mol. The van der Waals surface area contributed by atoms with Crippen molar-refractivity contribution in [3.63, 3.8) is 0 Å². The Kier molecular flexibility index (Phi) is 3.99. The smallest absolute Gasteiger partial charge is 0.365 e. The highest BCUT2D eigenvalue weighted by atomic mass is 19.4. The summed E-state index contributed by atoms with van der Waals surface area (Å²) in [7, 11) is 0. The molecule has 0 fully saturated rings. The van der Waals surface area contributed by atoms with Crippen LogP contribution in [-0.4, -0.2) is 23.7 Å². The Balaban J connectivity index is 3.86. The third-order valence-electron chi connectivity index (χ3n) is 1.15. The van der Waals surface area contributed by atoms with Crippen molar-refractivity contribution in [2.24, 2.45) is 0 Å². The molecule has 0 radical (unpaired) electrons. The van der Waals surface area contributed by atoms with Gasteiger partial charge in [0.2, 0.25) is 0 Å². The van der Waals surface area contributed by atoms with Gasteiger partial charge < -0.3 is 9.84 Å². The molecule has 0 spiro atoms. The van der Waals surface area contributed by atoms with Crippen molar-refractivity contribution in [2.45, 2.75) is 38.7 Å². The fourth-order valence-electron chi connectivity index (χ4n) is 0.745. The van der Waals surface area contributed by atoms with E-state index in [1.165, 1.54) is 0 Å². The highest BCUT2D eigenvalue weighted by Gasteiger charge is 2.38. The fourth-order valence-corrected chi connectivity index (χ4v) is 0.745. The van der Waals surface area contributed by atoms with Gasteiger partial charge in [-0.3, -0.25) is 0 Å². The molecule has 2 nitrogen and oxygen atoms in total. The second kappa shape index (κ2) is 4.09. The summed E-state index contributed by atoms with van der Waals surface area (Å²) in [6, 6.07) is 0. The van der Waals surface area contributed by atoms with Crippen molar-refractivity contribution in [1.82, 2.24) is 0 Å². The van der Waals surface area contributed by atoms with Crippen LogP contribution in [0.2, 0.25) is 0 Å². The van der Waals surface area contributed by atoms with Gasteiger partial charge in [-0.15, -0.1) is 0 Å². The predicted octanol–water partition coefficient (Wildman–Crippen LogP) is 2.07. The van der Waals surface area contributed by atoms with E-state index in [2.05, 4.69) is 4.74 Å². The summed E-state index contributed by atoms with van der Waals surface area (Å²) in [6.07, 6.45) is -5.15. The van der Waals surface area contributed by atoms with Crippen LogP contribution >= 0.6 is 0 Å². The molecule has 0 aromatic rings. The van der Waals surface area contributed by atoms with Crippen LogP contribution in [-0.2, 0) is 4.74 Å². The lowest BCUT2D eigenvalue weighted by molar-refractivity contribution is -0.257. The summed E-state index contributed by atoms with van der Waals surface area (Å²) in [5.74, 6) is -2.09. The molecule has 1 unspecified atom stereocenters. The first kappa shape index (κ1) is 11.7. The first-order chi connectivity index (χ1) is 5.27. The highest BCUT2D eigenvalue weighted by molar-refractivity contribution is 4.65. The number of aliphatic hydroxyl groups is 1. The van der Waals surface area contributed by atoms with Crippen LogP contribution < -0.4 is 0 Å². The van der Waals surface area contributed by atoms with Gasteiger partial charge in [0.25, 0.3) is 0 Å². The first-order valence-electron chi connectivity index (χ1n) is 3.70. The molecule has 0 aliphatic carbocycles. The SMILES string of the molecule is CCCOC(C)(O)CC(F)(F)F. The van der Waals surface area contributed by atoms with E-state index in [1.807, 2.05) is 0 Å². The van der Waals surface area contributed by atoms with Crippen LogP contribution in [0.15, 0.2) is 0 Å². The van der Waals surface area contributed by atoms with E-state index in [9.17, 15) is 13.2 Å². The molecule has 0 bridgehead atoms. The van der Waals surface area contributed by atoms with Gasteiger partial charge in [-0.2, -0.15) is 13.2 Å². The first-order valence-corrected chi connectivity index (χ1v) is 3.70. The molecule has 0 saturated carbocycles. The topological polar surface area (TPSA) is 29.5 Å². The van der Waals surface area contributed by atoms with Crippen LogP contribution in [0.5, 0.6) is 0 Å². The molecule has 0 amide bonds. The molecular formula is C7H13F3O2. The van der Waals surface area contributed by atoms with Gasteiger partial charge in [0.05, 0.1) is 6.42 Å². The van der Waals surface area contributed by atoms with Crippen molar-refractivity contribution >= 4 is 0 Å². The van der Waals surface area contributed by atoms with Crippen LogP contribution in [0.25, 0.3) is 0 Å². The van der Waals surface area contributed by atoms with E-state index >= 15 is 0 Å². The Morgan fingerprint density at radius 1 is 1.33 bits per heavy atom. The van der Waals surface area contributed by atoms with Gasteiger partial charge in [0, 0.05) is 6.61 Å². The molecule has 5 heteroatoms. The summed E-state index contributed by atoms with van der Waals surface area (Å²) in [6.45, 7) is 2.89. The van der Waals surface area contributed by atoms with E-state index in [-0.39, 0.29) is 6.61 Å². The Morgan fingerprint density at radius 3 is 2.17 bits per heavy atom. The van der Waals surface area contributed by atoms with Crippen molar-refractivity contribution in [1.29, 1.82) is 0 Å². The zero-order valence-electron chi connectivity index (χ0n) is 7.11. The molecule has 0 aromatic carbocycles. The van der Waals surface area contributed by atoms with Crippen molar-refractivity contribution in [2.75, 3.05) is 6.61 Å². The van der Waals surface area contributed by atoms with E-state index < -0.39 is 18.4 Å². The maximum Gasteiger partial charge on any atom is 0.394 e. The van der Waals surface area contributed by atoms with E-state index in [1.54, 1.807) is 6.92 Å². The number of hydrogen-bond acceptors (Lipinski definition) is 2. The molecule has 12 heavy (non-hydrogen) atoms. The molecule has 0 heterocycles. The van der Waals surface area contributed by atoms with Crippen LogP contribution in [0.1, 0.15) is 26.7 Å². The number of rotatable bonds is 4. The lowest BCUT2D eigenvalue weighted by atomic mass is 10.2. The number of alkyl halides is 3. The number of ether oxygens (including phenoxy) is 1. The lowest BCUT2D eigenvalue weighted by Gasteiger charge is -2.24. The van der Waals surface area contributed by atoms with Crippen molar-refractivity contribution < 1.29 is 23.0 Å². The van der Waals surface area contributed by atoms with Crippen LogP contribution in [0.4, 0.5) is 13.2 Å². The van der Waals surface area contributed by atoms with Crippen molar-refractivity contribution in [3.8, 4) is 0 Å². The summed E-state index contributed by atoms with van der Waals surface area (Å²) in [4.78, 5) is 0. The van der Waals surface area contributed by atoms with E-state index in [4.69, 9.17) is 5.11 Å². The van der Waals surface area contributed by atoms with E-state index in [0.29, 0.717) is 6.42 Å². The quantitative estimate of drug-likeness (QED) is 0.681.